The van der Waals surface area contributed by atoms with E-state index < -0.39 is 11.7 Å². The Kier molecular flexibility index (Phi) is 1.22. The van der Waals surface area contributed by atoms with Gasteiger partial charge in [0.2, 0.25) is 5.76 Å². The van der Waals surface area contributed by atoms with Crippen LogP contribution in [-0.2, 0) is 4.79 Å². The molecule has 0 aromatic heterocycles. The van der Waals surface area contributed by atoms with Crippen molar-refractivity contribution in [1.82, 2.24) is 0 Å². The lowest BCUT2D eigenvalue weighted by atomic mass is 10.3. The number of dihydropyridines is 1. The minimum atomic E-state index is -0.779. The molecule has 0 saturated heterocycles. The van der Waals surface area contributed by atoms with Crippen LogP contribution in [0.2, 0.25) is 0 Å². The molecule has 0 fully saturated rings. The largest absolute Gasteiger partial charge is 0.508 e. The molecule has 2 N–H and O–H groups in total. The number of aliphatic hydroxyl groups is 2. The Balaban J connectivity index is 2.92. The first-order valence-corrected chi connectivity index (χ1v) is 2.39. The van der Waals surface area contributed by atoms with E-state index in [9.17, 15) is 4.79 Å². The van der Waals surface area contributed by atoms with Gasteiger partial charge in [0.05, 0.1) is 0 Å². The van der Waals surface area contributed by atoms with Crippen LogP contribution >= 0.6 is 0 Å². The maximum atomic E-state index is 10.3. The van der Waals surface area contributed by atoms with Crippen LogP contribution in [-0.4, -0.2) is 22.3 Å². The highest BCUT2D eigenvalue weighted by Crippen LogP contribution is 2.07. The van der Waals surface area contributed by atoms with Crippen molar-refractivity contribution < 1.29 is 15.0 Å². The highest BCUT2D eigenvalue weighted by molar-refractivity contribution is 5.99. The van der Waals surface area contributed by atoms with E-state index in [0.29, 0.717) is 0 Å². The maximum Gasteiger partial charge on any atom is 0.315 e. The molecule has 1 aliphatic rings. The van der Waals surface area contributed by atoms with E-state index in [1.807, 2.05) is 0 Å². The van der Waals surface area contributed by atoms with E-state index >= 15 is 0 Å². The van der Waals surface area contributed by atoms with E-state index in [-0.39, 0.29) is 12.2 Å². The average molecular weight is 127 g/mol. The summed E-state index contributed by atoms with van der Waals surface area (Å²) in [5.74, 6) is -1.73. The summed E-state index contributed by atoms with van der Waals surface area (Å²) in [6.07, 6.45) is 1.38. The summed E-state index contributed by atoms with van der Waals surface area (Å²) in [5.41, 5.74) is 0. The molecule has 0 unspecified atom stereocenters. The summed E-state index contributed by atoms with van der Waals surface area (Å²) < 4.78 is 0. The number of allylic oxidation sites excluding steroid dienone is 1. The molecule has 0 aromatic carbocycles. The number of aliphatic imine (C=N–C) groups is 1. The summed E-state index contributed by atoms with van der Waals surface area (Å²) in [4.78, 5) is 13.6. The number of amides is 1. The lowest BCUT2D eigenvalue weighted by Gasteiger charge is -2.01. The van der Waals surface area contributed by atoms with Crippen LogP contribution in [0, 0.1) is 0 Å². The molecule has 4 heteroatoms. The fourth-order valence-corrected chi connectivity index (χ4v) is 0.496. The lowest BCUT2D eigenvalue weighted by Crippen LogP contribution is -2.07. The Labute approximate surface area is 51.1 Å². The number of aliphatic hydroxyl groups excluding tert-OH is 2. The van der Waals surface area contributed by atoms with Crippen LogP contribution in [0.5, 0.6) is 0 Å². The quantitative estimate of drug-likeness (QED) is 0.492. The minimum Gasteiger partial charge on any atom is -0.508 e. The Bertz CT molecular complexity index is 204. The SMILES string of the molecule is O=C1N=CCC(O)=C1O. The molecule has 1 aliphatic heterocycles. The number of carbonyl (C=O) groups is 1. The Morgan fingerprint density at radius 2 is 2.22 bits per heavy atom. The molecule has 0 bridgehead atoms. The van der Waals surface area contributed by atoms with Gasteiger partial charge in [0.1, 0.15) is 5.76 Å². The molecule has 48 valence electrons. The van der Waals surface area contributed by atoms with Crippen molar-refractivity contribution >= 4 is 12.1 Å². The molecule has 9 heavy (non-hydrogen) atoms. The van der Waals surface area contributed by atoms with Gasteiger partial charge in [-0.1, -0.05) is 0 Å². The Morgan fingerprint density at radius 1 is 1.56 bits per heavy atom. The molecular weight excluding hydrogens is 122 g/mol. The molecule has 0 atom stereocenters. The molecule has 0 radical (unpaired) electrons. The lowest BCUT2D eigenvalue weighted by molar-refractivity contribution is -0.117. The van der Waals surface area contributed by atoms with E-state index in [0.717, 1.165) is 0 Å². The fourth-order valence-electron chi connectivity index (χ4n) is 0.496. The molecule has 1 rings (SSSR count). The summed E-state index contributed by atoms with van der Waals surface area (Å²) in [6, 6.07) is 0. The van der Waals surface area contributed by atoms with E-state index in [1.54, 1.807) is 0 Å². The highest BCUT2D eigenvalue weighted by Gasteiger charge is 2.14. The van der Waals surface area contributed by atoms with Gasteiger partial charge in [-0.15, -0.1) is 0 Å². The van der Waals surface area contributed by atoms with Gasteiger partial charge >= 0.3 is 5.91 Å². The first-order valence-electron chi connectivity index (χ1n) is 2.39. The molecule has 0 aliphatic carbocycles. The van der Waals surface area contributed by atoms with Crippen LogP contribution in [0.1, 0.15) is 6.42 Å². The molecule has 1 heterocycles. The monoisotopic (exact) mass is 127 g/mol. The van der Waals surface area contributed by atoms with Crippen molar-refractivity contribution in [2.45, 2.75) is 6.42 Å². The van der Waals surface area contributed by atoms with Crippen LogP contribution in [0.3, 0.4) is 0 Å². The third kappa shape index (κ3) is 0.910. The standard InChI is InChI=1S/C5H5NO3/c7-3-1-2-6-5(9)4(3)8/h2,7-8H,1H2. The second-order valence-corrected chi connectivity index (χ2v) is 1.62. The normalized spacial score (nSPS) is 18.9. The van der Waals surface area contributed by atoms with Gasteiger partial charge in [0.15, 0.2) is 0 Å². The molecule has 1 amide bonds. The summed E-state index contributed by atoms with van der Waals surface area (Å²) in [7, 11) is 0. The summed E-state index contributed by atoms with van der Waals surface area (Å²) >= 11 is 0. The molecule has 0 saturated carbocycles. The predicted molar refractivity (Wildman–Crippen MR) is 30.4 cm³/mol. The van der Waals surface area contributed by atoms with E-state index in [1.165, 1.54) is 6.21 Å². The van der Waals surface area contributed by atoms with E-state index in [4.69, 9.17) is 10.2 Å². The van der Waals surface area contributed by atoms with Gasteiger partial charge in [-0.2, -0.15) is 0 Å². The Morgan fingerprint density at radius 3 is 2.67 bits per heavy atom. The van der Waals surface area contributed by atoms with Crippen LogP contribution in [0.15, 0.2) is 16.5 Å². The number of nitrogens with zero attached hydrogens (tertiary/aromatic N) is 1. The van der Waals surface area contributed by atoms with Crippen molar-refractivity contribution in [3.63, 3.8) is 0 Å². The van der Waals surface area contributed by atoms with Crippen molar-refractivity contribution in [2.75, 3.05) is 0 Å². The first-order chi connectivity index (χ1) is 4.22. The van der Waals surface area contributed by atoms with Crippen LogP contribution in [0.4, 0.5) is 0 Å². The predicted octanol–water partition coefficient (Wildman–Crippen LogP) is 0.315. The second-order valence-electron chi connectivity index (χ2n) is 1.62. The van der Waals surface area contributed by atoms with Crippen LogP contribution < -0.4 is 0 Å². The van der Waals surface area contributed by atoms with Gasteiger partial charge < -0.3 is 10.2 Å². The Hall–Kier alpha value is -1.32. The molecule has 4 nitrogen and oxygen atoms in total. The number of rotatable bonds is 0. The third-order valence-electron chi connectivity index (χ3n) is 0.969. The van der Waals surface area contributed by atoms with Gasteiger partial charge in [0.25, 0.3) is 0 Å². The number of carbonyl (C=O) groups excluding carboxylic acids is 1. The van der Waals surface area contributed by atoms with Gasteiger partial charge in [0, 0.05) is 12.6 Å². The average Bonchev–Trinajstić information content (AvgIpc) is 1.83. The number of hydrogen-bond donors (Lipinski definition) is 2. The molecule has 0 spiro atoms. The smallest absolute Gasteiger partial charge is 0.315 e. The molecule has 0 aromatic rings. The first kappa shape index (κ1) is 5.81. The fraction of sp³-hybridized carbons (Fsp3) is 0.200. The number of hydrogen-bond acceptors (Lipinski definition) is 3. The van der Waals surface area contributed by atoms with Crippen molar-refractivity contribution in [3.8, 4) is 0 Å². The van der Waals surface area contributed by atoms with Crippen molar-refractivity contribution in [3.05, 3.63) is 11.5 Å². The zero-order valence-corrected chi connectivity index (χ0v) is 4.53. The van der Waals surface area contributed by atoms with Crippen molar-refractivity contribution in [2.24, 2.45) is 4.99 Å². The maximum absolute atomic E-state index is 10.3. The van der Waals surface area contributed by atoms with Gasteiger partial charge in [-0.3, -0.25) is 4.79 Å². The van der Waals surface area contributed by atoms with Gasteiger partial charge in [-0.05, 0) is 0 Å². The summed E-state index contributed by atoms with van der Waals surface area (Å²) in [6.45, 7) is 0. The highest BCUT2D eigenvalue weighted by atomic mass is 16.3. The minimum absolute atomic E-state index is 0.136. The zero-order valence-electron chi connectivity index (χ0n) is 4.53. The van der Waals surface area contributed by atoms with Crippen LogP contribution in [0.25, 0.3) is 0 Å². The molecular formula is C5H5NO3. The zero-order chi connectivity index (χ0) is 6.85. The second kappa shape index (κ2) is 1.89. The summed E-state index contributed by atoms with van der Waals surface area (Å²) in [5, 5.41) is 17.3. The third-order valence-corrected chi connectivity index (χ3v) is 0.969. The van der Waals surface area contributed by atoms with Crippen molar-refractivity contribution in [1.29, 1.82) is 0 Å². The van der Waals surface area contributed by atoms with E-state index in [2.05, 4.69) is 4.99 Å². The van der Waals surface area contributed by atoms with Gasteiger partial charge in [-0.25, -0.2) is 4.99 Å². The topological polar surface area (TPSA) is 69.9 Å².